The van der Waals surface area contributed by atoms with E-state index >= 15 is 0 Å². The zero-order valence-corrected chi connectivity index (χ0v) is 20.2. The monoisotopic (exact) mass is 493 g/mol. The van der Waals surface area contributed by atoms with E-state index in [4.69, 9.17) is 4.74 Å². The van der Waals surface area contributed by atoms with Crippen molar-refractivity contribution in [2.45, 2.75) is 50.2 Å². The predicted molar refractivity (Wildman–Crippen MR) is 132 cm³/mol. The quantitative estimate of drug-likeness (QED) is 0.694. The highest BCUT2D eigenvalue weighted by Crippen LogP contribution is 2.39. The summed E-state index contributed by atoms with van der Waals surface area (Å²) in [6.07, 6.45) is 7.18. The first-order valence-electron chi connectivity index (χ1n) is 11.9. The molecule has 2 aromatic rings. The van der Waals surface area contributed by atoms with Crippen LogP contribution in [0.2, 0.25) is 0 Å². The van der Waals surface area contributed by atoms with Gasteiger partial charge in [-0.1, -0.05) is 6.42 Å². The molecular formula is C25H27N5O4S. The number of carbonyl (C=O) groups is 3. The van der Waals surface area contributed by atoms with E-state index in [0.29, 0.717) is 40.3 Å². The van der Waals surface area contributed by atoms with Crippen molar-refractivity contribution < 1.29 is 19.1 Å². The molecule has 5 rings (SSSR count). The van der Waals surface area contributed by atoms with Gasteiger partial charge in [-0.15, -0.1) is 11.8 Å². The molecule has 35 heavy (non-hydrogen) atoms. The third kappa shape index (κ3) is 4.65. The van der Waals surface area contributed by atoms with Crippen molar-refractivity contribution in [3.63, 3.8) is 0 Å². The number of carbonyl (C=O) groups excluding carboxylic acids is 3. The van der Waals surface area contributed by atoms with E-state index in [9.17, 15) is 19.6 Å². The molecule has 3 fully saturated rings. The fourth-order valence-corrected chi connectivity index (χ4v) is 6.23. The number of pyridine rings is 1. The van der Waals surface area contributed by atoms with Crippen LogP contribution in [0.25, 0.3) is 10.9 Å². The molecule has 182 valence electrons. The molecule has 2 aliphatic heterocycles. The van der Waals surface area contributed by atoms with Crippen molar-refractivity contribution >= 4 is 46.3 Å². The average Bonchev–Trinajstić information content (AvgIpc) is 3.36. The van der Waals surface area contributed by atoms with Gasteiger partial charge in [-0.25, -0.2) is 4.79 Å². The van der Waals surface area contributed by atoms with Crippen LogP contribution in [0.3, 0.4) is 0 Å². The van der Waals surface area contributed by atoms with Gasteiger partial charge >= 0.3 is 6.09 Å². The Morgan fingerprint density at radius 2 is 2.06 bits per heavy atom. The maximum Gasteiger partial charge on any atom is 0.414 e. The summed E-state index contributed by atoms with van der Waals surface area (Å²) in [4.78, 5) is 45.9. The van der Waals surface area contributed by atoms with Gasteiger partial charge in [0, 0.05) is 36.0 Å². The molecule has 1 saturated carbocycles. The maximum absolute atomic E-state index is 13.0. The molecule has 1 N–H and O–H groups in total. The molecule has 0 radical (unpaired) electrons. The normalized spacial score (nSPS) is 21.6. The first-order chi connectivity index (χ1) is 17.0. The van der Waals surface area contributed by atoms with Gasteiger partial charge in [-0.05, 0) is 49.9 Å². The smallest absolute Gasteiger partial charge is 0.414 e. The van der Waals surface area contributed by atoms with Crippen LogP contribution >= 0.6 is 11.8 Å². The van der Waals surface area contributed by atoms with E-state index in [-0.39, 0.29) is 24.1 Å². The Labute approximate surface area is 207 Å². The minimum Gasteiger partial charge on any atom is -0.442 e. The molecule has 1 aliphatic carbocycles. The summed E-state index contributed by atoms with van der Waals surface area (Å²) in [5, 5.41) is 12.5. The topological polar surface area (TPSA) is 116 Å². The van der Waals surface area contributed by atoms with Gasteiger partial charge < -0.3 is 15.0 Å². The molecule has 1 spiro atoms. The minimum absolute atomic E-state index is 0.193. The second-order valence-electron chi connectivity index (χ2n) is 9.26. The summed E-state index contributed by atoms with van der Waals surface area (Å²) in [5.41, 5.74) is 1.30. The molecule has 2 saturated heterocycles. The highest BCUT2D eigenvalue weighted by atomic mass is 32.2. The lowest BCUT2D eigenvalue weighted by Crippen LogP contribution is -2.50. The number of aromatic nitrogens is 1. The van der Waals surface area contributed by atoms with Crippen LogP contribution in [-0.2, 0) is 9.53 Å². The molecule has 1 atom stereocenters. The number of nitriles is 1. The SMILES string of the molecule is N#C[C@@H]1CSCN1C(=O)CNC(=O)c1ccnc2ccc(N3CCC4(CCCCC4)OC3=O)cc12. The van der Waals surface area contributed by atoms with Gasteiger partial charge in [-0.2, -0.15) is 5.26 Å². The van der Waals surface area contributed by atoms with E-state index in [1.54, 1.807) is 29.3 Å². The van der Waals surface area contributed by atoms with Crippen molar-refractivity contribution in [1.29, 1.82) is 5.26 Å². The van der Waals surface area contributed by atoms with Crippen molar-refractivity contribution in [2.75, 3.05) is 29.6 Å². The van der Waals surface area contributed by atoms with Gasteiger partial charge in [0.25, 0.3) is 5.91 Å². The summed E-state index contributed by atoms with van der Waals surface area (Å²) in [6, 6.07) is 8.63. The van der Waals surface area contributed by atoms with Crippen LogP contribution in [0.1, 0.15) is 48.9 Å². The van der Waals surface area contributed by atoms with Gasteiger partial charge in [0.15, 0.2) is 0 Å². The molecule has 3 aliphatic rings. The van der Waals surface area contributed by atoms with Crippen LogP contribution in [0.4, 0.5) is 10.5 Å². The van der Waals surface area contributed by atoms with Crippen LogP contribution < -0.4 is 10.2 Å². The van der Waals surface area contributed by atoms with Gasteiger partial charge in [0.2, 0.25) is 5.91 Å². The molecule has 1 aromatic carbocycles. The van der Waals surface area contributed by atoms with Gasteiger partial charge in [0.1, 0.15) is 11.6 Å². The number of fused-ring (bicyclic) bond motifs is 1. The van der Waals surface area contributed by atoms with Crippen molar-refractivity contribution in [2.24, 2.45) is 0 Å². The number of nitrogens with zero attached hydrogens (tertiary/aromatic N) is 4. The molecule has 0 bridgehead atoms. The molecule has 3 heterocycles. The van der Waals surface area contributed by atoms with E-state index in [0.717, 1.165) is 32.1 Å². The Kier molecular flexibility index (Phi) is 6.52. The Morgan fingerprint density at radius 1 is 1.23 bits per heavy atom. The van der Waals surface area contributed by atoms with Gasteiger partial charge in [0.05, 0.1) is 29.6 Å². The molecule has 10 heteroatoms. The lowest BCUT2D eigenvalue weighted by molar-refractivity contribution is -0.129. The van der Waals surface area contributed by atoms with E-state index in [1.165, 1.54) is 23.1 Å². The van der Waals surface area contributed by atoms with E-state index < -0.39 is 11.9 Å². The summed E-state index contributed by atoms with van der Waals surface area (Å²) in [5.74, 6) is 0.322. The summed E-state index contributed by atoms with van der Waals surface area (Å²) in [6.45, 7) is 0.371. The molecule has 9 nitrogen and oxygen atoms in total. The van der Waals surface area contributed by atoms with Crippen molar-refractivity contribution in [3.05, 3.63) is 36.0 Å². The van der Waals surface area contributed by atoms with Crippen LogP contribution in [0.15, 0.2) is 30.5 Å². The average molecular weight is 494 g/mol. The number of ether oxygens (including phenoxy) is 1. The van der Waals surface area contributed by atoms with Crippen molar-refractivity contribution in [1.82, 2.24) is 15.2 Å². The zero-order valence-electron chi connectivity index (χ0n) is 19.4. The second kappa shape index (κ2) is 9.74. The first kappa shape index (κ1) is 23.4. The highest BCUT2D eigenvalue weighted by molar-refractivity contribution is 7.99. The van der Waals surface area contributed by atoms with Crippen molar-refractivity contribution in [3.8, 4) is 6.07 Å². The van der Waals surface area contributed by atoms with Crippen LogP contribution in [0, 0.1) is 11.3 Å². The highest BCUT2D eigenvalue weighted by Gasteiger charge is 2.41. The number of benzene rings is 1. The Morgan fingerprint density at radius 3 is 2.83 bits per heavy atom. The number of hydrogen-bond acceptors (Lipinski definition) is 7. The lowest BCUT2D eigenvalue weighted by Gasteiger charge is -2.43. The third-order valence-electron chi connectivity index (χ3n) is 7.11. The maximum atomic E-state index is 13.0. The minimum atomic E-state index is -0.467. The Balaban J connectivity index is 1.32. The zero-order chi connectivity index (χ0) is 24.4. The van der Waals surface area contributed by atoms with Crippen LogP contribution in [0.5, 0.6) is 0 Å². The second-order valence-corrected chi connectivity index (χ2v) is 10.3. The third-order valence-corrected chi connectivity index (χ3v) is 8.13. The molecular weight excluding hydrogens is 466 g/mol. The number of amides is 3. The summed E-state index contributed by atoms with van der Waals surface area (Å²) in [7, 11) is 0. The largest absolute Gasteiger partial charge is 0.442 e. The number of rotatable bonds is 4. The molecule has 3 amide bonds. The predicted octanol–water partition coefficient (Wildman–Crippen LogP) is 3.44. The molecule has 0 unspecified atom stereocenters. The molecule has 1 aromatic heterocycles. The summed E-state index contributed by atoms with van der Waals surface area (Å²) < 4.78 is 5.93. The Bertz CT molecular complexity index is 1210. The first-order valence-corrected chi connectivity index (χ1v) is 13.1. The number of thioether (sulfide) groups is 1. The van der Waals surface area contributed by atoms with E-state index in [1.807, 2.05) is 6.07 Å². The fourth-order valence-electron chi connectivity index (χ4n) is 5.13. The Hall–Kier alpha value is -3.32. The number of anilines is 1. The number of nitrogens with one attached hydrogen (secondary N) is 1. The lowest BCUT2D eigenvalue weighted by atomic mass is 9.81. The summed E-state index contributed by atoms with van der Waals surface area (Å²) >= 11 is 1.52. The number of hydrogen-bond donors (Lipinski definition) is 1. The van der Waals surface area contributed by atoms with E-state index in [2.05, 4.69) is 16.4 Å². The van der Waals surface area contributed by atoms with Gasteiger partial charge in [-0.3, -0.25) is 19.5 Å². The van der Waals surface area contributed by atoms with Crippen LogP contribution in [-0.4, -0.2) is 64.2 Å². The standard InChI is InChI=1S/C25H27N5O4S/c26-13-18-15-35-16-30(18)22(31)14-28-23(32)19-6-10-27-21-5-4-17(12-20(19)21)29-11-9-25(34-24(29)33)7-2-1-3-8-25/h4-6,10,12,18H,1-3,7-9,11,14-16H2,(H,28,32)/t18-/m1/s1. The fraction of sp³-hybridized carbons (Fsp3) is 0.480.